The first-order valence-electron chi connectivity index (χ1n) is 9.88. The van der Waals surface area contributed by atoms with Crippen LogP contribution in [0.3, 0.4) is 0 Å². The average Bonchev–Trinajstić information content (AvgIpc) is 2.73. The van der Waals surface area contributed by atoms with Crippen LogP contribution in [-0.4, -0.2) is 47.4 Å². The number of piperidine rings is 1. The first-order valence-corrected chi connectivity index (χ1v) is 9.88. The molecule has 1 unspecified atom stereocenters. The summed E-state index contributed by atoms with van der Waals surface area (Å²) in [5.74, 6) is -0.0947. The average molecular weight is 453 g/mol. The number of hydrogen-bond donors (Lipinski definition) is 2. The number of nitrogens with two attached hydrogens (primary N) is 1. The zero-order valence-corrected chi connectivity index (χ0v) is 18.8. The second-order valence-corrected chi connectivity index (χ2v) is 7.32. The van der Waals surface area contributed by atoms with Gasteiger partial charge in [-0.3, -0.25) is 14.6 Å². The van der Waals surface area contributed by atoms with Crippen LogP contribution in [0.25, 0.3) is 11.1 Å². The number of amides is 2. The molecule has 164 valence electrons. The van der Waals surface area contributed by atoms with Gasteiger partial charge in [0.15, 0.2) is 0 Å². The van der Waals surface area contributed by atoms with Crippen LogP contribution in [0.4, 0.5) is 0 Å². The highest BCUT2D eigenvalue weighted by molar-refractivity contribution is 5.95. The van der Waals surface area contributed by atoms with Crippen LogP contribution in [0, 0.1) is 6.92 Å². The van der Waals surface area contributed by atoms with Crippen molar-refractivity contribution in [2.45, 2.75) is 38.6 Å². The molecular weight excluding hydrogens is 423 g/mol. The van der Waals surface area contributed by atoms with Crippen LogP contribution in [0.1, 0.15) is 41.6 Å². The van der Waals surface area contributed by atoms with Gasteiger partial charge in [0.25, 0.3) is 5.91 Å². The third kappa shape index (κ3) is 6.69. The molecule has 0 bridgehead atoms. The third-order valence-electron chi connectivity index (χ3n) is 5.16. The number of rotatable bonds is 6. The minimum absolute atomic E-state index is 0. The number of hydrogen-bond acceptors (Lipinski definition) is 4. The second-order valence-electron chi connectivity index (χ2n) is 7.32. The second kappa shape index (κ2) is 12.5. The SMILES string of the molecule is Cc1ccc(-c2cncc(C(=O)N3CCCCC3CNC(=O)CCN)c2)cc1.Cl.Cl. The quantitative estimate of drug-likeness (QED) is 0.702. The normalized spacial score (nSPS) is 15.5. The number of carbonyl (C=O) groups excluding carboxylic acids is 2. The monoisotopic (exact) mass is 452 g/mol. The van der Waals surface area contributed by atoms with Gasteiger partial charge in [-0.1, -0.05) is 29.8 Å². The molecule has 2 aromatic rings. The molecule has 0 aliphatic carbocycles. The van der Waals surface area contributed by atoms with E-state index in [0.29, 0.717) is 31.6 Å². The molecule has 0 spiro atoms. The molecule has 3 rings (SSSR count). The minimum atomic E-state index is -0.0662. The molecule has 2 heterocycles. The number of halogens is 2. The van der Waals surface area contributed by atoms with E-state index in [1.165, 1.54) is 5.56 Å². The van der Waals surface area contributed by atoms with Gasteiger partial charge in [0, 0.05) is 50.1 Å². The molecule has 1 aliphatic rings. The van der Waals surface area contributed by atoms with Crippen LogP contribution < -0.4 is 11.1 Å². The van der Waals surface area contributed by atoms with Crippen molar-refractivity contribution in [1.82, 2.24) is 15.2 Å². The maximum atomic E-state index is 13.2. The number of nitrogens with zero attached hydrogens (tertiary/aromatic N) is 2. The minimum Gasteiger partial charge on any atom is -0.354 e. The molecular formula is C22H30Cl2N4O2. The van der Waals surface area contributed by atoms with Crippen LogP contribution in [0.5, 0.6) is 0 Å². The summed E-state index contributed by atoms with van der Waals surface area (Å²) in [6, 6.07) is 10.1. The smallest absolute Gasteiger partial charge is 0.255 e. The van der Waals surface area contributed by atoms with E-state index in [1.54, 1.807) is 12.4 Å². The largest absolute Gasteiger partial charge is 0.354 e. The first-order chi connectivity index (χ1) is 13.6. The number of aryl methyl sites for hydroxylation is 1. The molecule has 1 atom stereocenters. The highest BCUT2D eigenvalue weighted by atomic mass is 35.5. The Hall–Kier alpha value is -2.15. The fourth-order valence-electron chi connectivity index (χ4n) is 3.56. The summed E-state index contributed by atoms with van der Waals surface area (Å²) in [5, 5.41) is 2.90. The molecule has 8 heteroatoms. The van der Waals surface area contributed by atoms with Crippen molar-refractivity contribution in [3.8, 4) is 11.1 Å². The van der Waals surface area contributed by atoms with Gasteiger partial charge < -0.3 is 16.0 Å². The van der Waals surface area contributed by atoms with Gasteiger partial charge in [0.1, 0.15) is 0 Å². The van der Waals surface area contributed by atoms with Crippen molar-refractivity contribution in [2.24, 2.45) is 5.73 Å². The summed E-state index contributed by atoms with van der Waals surface area (Å²) in [6.07, 6.45) is 6.64. The third-order valence-corrected chi connectivity index (χ3v) is 5.16. The molecule has 1 aliphatic heterocycles. The van der Waals surface area contributed by atoms with E-state index in [4.69, 9.17) is 5.73 Å². The first kappa shape index (κ1) is 25.9. The molecule has 30 heavy (non-hydrogen) atoms. The van der Waals surface area contributed by atoms with E-state index >= 15 is 0 Å². The van der Waals surface area contributed by atoms with Gasteiger partial charge in [-0.15, -0.1) is 24.8 Å². The van der Waals surface area contributed by atoms with Gasteiger partial charge in [-0.2, -0.15) is 0 Å². The Bertz CT molecular complexity index is 830. The molecule has 2 amide bonds. The van der Waals surface area contributed by atoms with Gasteiger partial charge in [-0.05, 0) is 37.8 Å². The van der Waals surface area contributed by atoms with Crippen molar-refractivity contribution in [1.29, 1.82) is 0 Å². The summed E-state index contributed by atoms with van der Waals surface area (Å²) in [7, 11) is 0. The van der Waals surface area contributed by atoms with Crippen molar-refractivity contribution < 1.29 is 9.59 Å². The molecule has 1 saturated heterocycles. The zero-order valence-electron chi connectivity index (χ0n) is 17.2. The standard InChI is InChI=1S/C22H28N4O2.2ClH/c1-16-5-7-17(8-6-16)18-12-19(14-24-13-18)22(28)26-11-3-2-4-20(26)15-25-21(27)9-10-23;;/h5-8,12-14,20H,2-4,9-11,15,23H2,1H3,(H,25,27);2*1H. The summed E-state index contributed by atoms with van der Waals surface area (Å²) < 4.78 is 0. The van der Waals surface area contributed by atoms with Crippen molar-refractivity contribution >= 4 is 36.6 Å². The van der Waals surface area contributed by atoms with Crippen LogP contribution in [0.2, 0.25) is 0 Å². The lowest BCUT2D eigenvalue weighted by Crippen LogP contribution is -2.49. The molecule has 1 fully saturated rings. The maximum Gasteiger partial charge on any atom is 0.255 e. The lowest BCUT2D eigenvalue weighted by molar-refractivity contribution is -0.121. The van der Waals surface area contributed by atoms with Crippen LogP contribution in [0.15, 0.2) is 42.7 Å². The predicted molar refractivity (Wildman–Crippen MR) is 124 cm³/mol. The lowest BCUT2D eigenvalue weighted by atomic mass is 9.99. The van der Waals surface area contributed by atoms with E-state index in [-0.39, 0.29) is 42.7 Å². The van der Waals surface area contributed by atoms with Crippen molar-refractivity contribution in [3.63, 3.8) is 0 Å². The Morgan fingerprint density at radius 2 is 1.87 bits per heavy atom. The summed E-state index contributed by atoms with van der Waals surface area (Å²) in [4.78, 5) is 31.1. The van der Waals surface area contributed by atoms with Gasteiger partial charge >= 0.3 is 0 Å². The maximum absolute atomic E-state index is 13.2. The fourth-order valence-corrected chi connectivity index (χ4v) is 3.56. The van der Waals surface area contributed by atoms with E-state index in [9.17, 15) is 9.59 Å². The summed E-state index contributed by atoms with van der Waals surface area (Å²) >= 11 is 0. The highest BCUT2D eigenvalue weighted by Crippen LogP contribution is 2.23. The summed E-state index contributed by atoms with van der Waals surface area (Å²) in [5.41, 5.74) is 9.17. The molecule has 1 aromatic carbocycles. The Balaban J connectivity index is 0.00000225. The fraction of sp³-hybridized carbons (Fsp3) is 0.409. The predicted octanol–water partition coefficient (Wildman–Crippen LogP) is 3.36. The molecule has 6 nitrogen and oxygen atoms in total. The Labute approximate surface area is 190 Å². The number of aromatic nitrogens is 1. The number of pyridine rings is 1. The van der Waals surface area contributed by atoms with Crippen molar-refractivity contribution in [3.05, 3.63) is 53.9 Å². The van der Waals surface area contributed by atoms with E-state index in [0.717, 1.165) is 30.4 Å². The van der Waals surface area contributed by atoms with E-state index < -0.39 is 0 Å². The summed E-state index contributed by atoms with van der Waals surface area (Å²) in [6.45, 7) is 3.54. The molecule has 1 aromatic heterocycles. The lowest BCUT2D eigenvalue weighted by Gasteiger charge is -2.36. The van der Waals surface area contributed by atoms with Gasteiger partial charge in [-0.25, -0.2) is 0 Å². The number of likely N-dealkylation sites (tertiary alicyclic amines) is 1. The molecule has 3 N–H and O–H groups in total. The van der Waals surface area contributed by atoms with Crippen LogP contribution in [-0.2, 0) is 4.79 Å². The Kier molecular flexibility index (Phi) is 10.8. The number of carbonyl (C=O) groups is 2. The van der Waals surface area contributed by atoms with Gasteiger partial charge in [0.05, 0.1) is 5.56 Å². The number of benzene rings is 1. The molecule has 0 saturated carbocycles. The van der Waals surface area contributed by atoms with E-state index in [1.807, 2.05) is 30.0 Å². The zero-order chi connectivity index (χ0) is 19.9. The molecule has 0 radical (unpaired) electrons. The Morgan fingerprint density at radius 3 is 2.57 bits per heavy atom. The van der Waals surface area contributed by atoms with E-state index in [2.05, 4.69) is 22.4 Å². The Morgan fingerprint density at radius 1 is 1.13 bits per heavy atom. The topological polar surface area (TPSA) is 88.3 Å². The number of nitrogens with one attached hydrogen (secondary N) is 1. The van der Waals surface area contributed by atoms with Crippen LogP contribution >= 0.6 is 24.8 Å². The highest BCUT2D eigenvalue weighted by Gasteiger charge is 2.28. The van der Waals surface area contributed by atoms with Gasteiger partial charge in [0.2, 0.25) is 5.91 Å². The van der Waals surface area contributed by atoms with Crippen molar-refractivity contribution in [2.75, 3.05) is 19.6 Å².